The van der Waals surface area contributed by atoms with Crippen molar-refractivity contribution in [1.82, 2.24) is 19.4 Å². The van der Waals surface area contributed by atoms with E-state index in [0.717, 1.165) is 32.1 Å². The van der Waals surface area contributed by atoms with E-state index < -0.39 is 11.9 Å². The Hall–Kier alpha value is -2.20. The fourth-order valence-electron chi connectivity index (χ4n) is 3.07. The fraction of sp³-hybridized carbons (Fsp3) is 0.471. The molecule has 27 heavy (non-hydrogen) atoms. The number of pyridine rings is 1. The number of nitrogens with zero attached hydrogens (tertiary/aromatic N) is 4. The molecule has 0 radical (unpaired) electrons. The van der Waals surface area contributed by atoms with Crippen molar-refractivity contribution in [2.24, 2.45) is 0 Å². The fourth-order valence-corrected chi connectivity index (χ4v) is 3.32. The Morgan fingerprint density at radius 3 is 2.52 bits per heavy atom. The third-order valence-corrected chi connectivity index (χ3v) is 4.86. The monoisotopic (exact) mass is 399 g/mol. The first-order valence-corrected chi connectivity index (χ1v) is 9.05. The van der Waals surface area contributed by atoms with E-state index >= 15 is 0 Å². The Labute approximate surface area is 159 Å². The predicted molar refractivity (Wildman–Crippen MR) is 98.4 cm³/mol. The summed E-state index contributed by atoms with van der Waals surface area (Å²) in [5.41, 5.74) is -0.994. The molecule has 1 N–H and O–H groups in total. The molecule has 0 spiro atoms. The predicted octanol–water partition coefficient (Wildman–Crippen LogP) is 2.53. The Morgan fingerprint density at radius 2 is 1.85 bits per heavy atom. The highest BCUT2D eigenvalue weighted by Crippen LogP contribution is 2.29. The highest BCUT2D eigenvalue weighted by molar-refractivity contribution is 7.71. The van der Waals surface area contributed by atoms with E-state index in [0.29, 0.717) is 30.2 Å². The molecule has 0 atom stereocenters. The first-order valence-electron chi connectivity index (χ1n) is 8.65. The number of alkyl halides is 3. The van der Waals surface area contributed by atoms with E-state index in [-0.39, 0.29) is 5.56 Å². The Kier molecular flexibility index (Phi) is 5.95. The lowest BCUT2D eigenvalue weighted by atomic mass is 10.2. The Balaban J connectivity index is 1.51. The second kappa shape index (κ2) is 8.22. The number of aromatic nitrogens is 3. The molecule has 0 aliphatic carbocycles. The largest absolute Gasteiger partial charge is 0.433 e. The molecule has 2 aromatic heterocycles. The summed E-state index contributed by atoms with van der Waals surface area (Å²) in [6, 6.07) is 5.42. The molecule has 3 rings (SSSR count). The van der Waals surface area contributed by atoms with Gasteiger partial charge in [-0.1, -0.05) is 6.07 Å². The zero-order valence-electron chi connectivity index (χ0n) is 14.6. The van der Waals surface area contributed by atoms with E-state index in [1.165, 1.54) is 22.9 Å². The normalized spacial score (nSPS) is 15.9. The highest BCUT2D eigenvalue weighted by atomic mass is 32.1. The molecular formula is C17H20F3N5OS. The number of rotatable bonds is 5. The topological polar surface area (TPSA) is 57.2 Å². The lowest BCUT2D eigenvalue weighted by Crippen LogP contribution is -2.47. The minimum absolute atomic E-state index is 0.126. The first-order chi connectivity index (χ1) is 12.8. The van der Waals surface area contributed by atoms with Crippen molar-refractivity contribution in [1.29, 1.82) is 0 Å². The smallest absolute Gasteiger partial charge is 0.354 e. The van der Waals surface area contributed by atoms with Gasteiger partial charge in [-0.25, -0.2) is 4.98 Å². The average Bonchev–Trinajstić information content (AvgIpc) is 2.64. The zero-order valence-corrected chi connectivity index (χ0v) is 15.4. The minimum Gasteiger partial charge on any atom is -0.354 e. The van der Waals surface area contributed by atoms with Crippen molar-refractivity contribution < 1.29 is 13.2 Å². The van der Waals surface area contributed by atoms with Crippen LogP contribution in [-0.4, -0.2) is 52.2 Å². The van der Waals surface area contributed by atoms with Gasteiger partial charge in [0, 0.05) is 45.0 Å². The third-order valence-electron chi connectivity index (χ3n) is 4.52. The summed E-state index contributed by atoms with van der Waals surface area (Å²) >= 11 is 5.12. The van der Waals surface area contributed by atoms with E-state index in [2.05, 4.69) is 14.9 Å². The summed E-state index contributed by atoms with van der Waals surface area (Å²) in [6.45, 7) is 4.01. The van der Waals surface area contributed by atoms with Gasteiger partial charge in [-0.15, -0.1) is 0 Å². The highest BCUT2D eigenvalue weighted by Gasteiger charge is 2.33. The van der Waals surface area contributed by atoms with Crippen molar-refractivity contribution in [2.75, 3.05) is 37.6 Å². The molecular weight excluding hydrogens is 379 g/mol. The van der Waals surface area contributed by atoms with Gasteiger partial charge >= 0.3 is 6.18 Å². The van der Waals surface area contributed by atoms with Crippen molar-refractivity contribution in [3.8, 4) is 0 Å². The van der Waals surface area contributed by atoms with Crippen molar-refractivity contribution in [2.45, 2.75) is 19.1 Å². The molecule has 0 bridgehead atoms. The summed E-state index contributed by atoms with van der Waals surface area (Å²) in [5, 5.41) is 0. The van der Waals surface area contributed by atoms with Gasteiger partial charge in [-0.2, -0.15) is 13.2 Å². The molecule has 2 aromatic rings. The van der Waals surface area contributed by atoms with Crippen LogP contribution in [0.1, 0.15) is 12.1 Å². The van der Waals surface area contributed by atoms with Crippen LogP contribution in [0.15, 0.2) is 35.3 Å². The standard InChI is InChI=1S/C17H20F3N5OS/c18-17(19,20)13-3-1-4-14(22-13)24-11-9-23(10-12-24)7-2-8-25-15(26)5-6-21-16(25)27/h1,3-6H,2,7-12H2,(H,21,27). The number of piperazine rings is 1. The molecule has 3 heterocycles. The van der Waals surface area contributed by atoms with Gasteiger partial charge in [0.2, 0.25) is 0 Å². The van der Waals surface area contributed by atoms with E-state index in [4.69, 9.17) is 12.2 Å². The van der Waals surface area contributed by atoms with Gasteiger partial charge in [0.15, 0.2) is 4.77 Å². The van der Waals surface area contributed by atoms with Crippen LogP contribution in [0.25, 0.3) is 0 Å². The molecule has 0 unspecified atom stereocenters. The van der Waals surface area contributed by atoms with E-state index in [9.17, 15) is 18.0 Å². The van der Waals surface area contributed by atoms with Crippen molar-refractivity contribution >= 4 is 18.0 Å². The molecule has 0 saturated carbocycles. The summed E-state index contributed by atoms with van der Waals surface area (Å²) < 4.78 is 40.4. The van der Waals surface area contributed by atoms with Crippen LogP contribution in [-0.2, 0) is 12.7 Å². The number of hydrogen-bond acceptors (Lipinski definition) is 5. The molecule has 6 nitrogen and oxygen atoms in total. The van der Waals surface area contributed by atoms with E-state index in [1.807, 2.05) is 4.90 Å². The molecule has 0 amide bonds. The van der Waals surface area contributed by atoms with Gasteiger partial charge in [0.1, 0.15) is 11.5 Å². The molecule has 1 aliphatic rings. The number of aromatic amines is 1. The van der Waals surface area contributed by atoms with Crippen LogP contribution in [0.4, 0.5) is 19.0 Å². The van der Waals surface area contributed by atoms with Gasteiger partial charge < -0.3 is 9.88 Å². The van der Waals surface area contributed by atoms with Gasteiger partial charge in [-0.05, 0) is 37.3 Å². The lowest BCUT2D eigenvalue weighted by molar-refractivity contribution is -0.141. The maximum atomic E-state index is 12.8. The second-order valence-corrected chi connectivity index (χ2v) is 6.72. The van der Waals surface area contributed by atoms with Crippen LogP contribution >= 0.6 is 12.2 Å². The number of hydrogen-bond donors (Lipinski definition) is 1. The van der Waals surface area contributed by atoms with Crippen LogP contribution < -0.4 is 10.5 Å². The number of anilines is 1. The van der Waals surface area contributed by atoms with Crippen molar-refractivity contribution in [3.05, 3.63) is 51.3 Å². The first kappa shape index (κ1) is 19.6. The maximum Gasteiger partial charge on any atom is 0.433 e. The van der Waals surface area contributed by atoms with Gasteiger partial charge in [0.25, 0.3) is 5.56 Å². The number of H-pyrrole nitrogens is 1. The maximum absolute atomic E-state index is 12.8. The molecule has 1 aliphatic heterocycles. The van der Waals surface area contributed by atoms with Gasteiger partial charge in [0.05, 0.1) is 0 Å². The van der Waals surface area contributed by atoms with Crippen molar-refractivity contribution in [3.63, 3.8) is 0 Å². The minimum atomic E-state index is -4.44. The van der Waals surface area contributed by atoms with Gasteiger partial charge in [-0.3, -0.25) is 14.3 Å². The van der Waals surface area contributed by atoms with Crippen LogP contribution in [0.2, 0.25) is 0 Å². The number of halogens is 3. The summed E-state index contributed by atoms with van der Waals surface area (Å²) in [7, 11) is 0. The average molecular weight is 399 g/mol. The summed E-state index contributed by atoms with van der Waals surface area (Å²) in [6.07, 6.45) is -2.14. The van der Waals surface area contributed by atoms with Crippen LogP contribution in [0.5, 0.6) is 0 Å². The molecule has 146 valence electrons. The summed E-state index contributed by atoms with van der Waals surface area (Å²) in [5.74, 6) is 0.353. The molecule has 1 fully saturated rings. The van der Waals surface area contributed by atoms with Crippen LogP contribution in [0, 0.1) is 4.77 Å². The van der Waals surface area contributed by atoms with E-state index in [1.54, 1.807) is 6.07 Å². The quantitative estimate of drug-likeness (QED) is 0.783. The molecule has 1 saturated heterocycles. The SMILES string of the molecule is O=c1cc[nH]c(=S)n1CCCN1CCN(c2cccc(C(F)(F)F)n2)CC1. The molecule has 0 aromatic carbocycles. The number of nitrogens with one attached hydrogen (secondary N) is 1. The zero-order chi connectivity index (χ0) is 19.4. The Bertz CT molecular complexity index is 859. The second-order valence-electron chi connectivity index (χ2n) is 6.33. The molecule has 10 heteroatoms. The lowest BCUT2D eigenvalue weighted by Gasteiger charge is -2.35. The van der Waals surface area contributed by atoms with Crippen LogP contribution in [0.3, 0.4) is 0 Å². The summed E-state index contributed by atoms with van der Waals surface area (Å²) in [4.78, 5) is 22.5. The Morgan fingerprint density at radius 1 is 1.11 bits per heavy atom. The third kappa shape index (κ3) is 4.95.